The summed E-state index contributed by atoms with van der Waals surface area (Å²) >= 11 is 0. The monoisotopic (exact) mass is 264 g/mol. The van der Waals surface area contributed by atoms with E-state index in [0.29, 0.717) is 19.5 Å². The van der Waals surface area contributed by atoms with Crippen molar-refractivity contribution in [3.05, 3.63) is 35.6 Å². The minimum Gasteiger partial charge on any atom is -0.350 e. The van der Waals surface area contributed by atoms with Gasteiger partial charge in [-0.25, -0.2) is 4.39 Å². The van der Waals surface area contributed by atoms with Crippen LogP contribution < -0.4 is 5.32 Å². The molecule has 0 aliphatic carbocycles. The molecule has 1 saturated heterocycles. The molecule has 1 heterocycles. The Morgan fingerprint density at radius 2 is 2.00 bits per heavy atom. The van der Waals surface area contributed by atoms with E-state index in [1.54, 1.807) is 17.0 Å². The van der Waals surface area contributed by atoms with Crippen molar-refractivity contribution >= 4 is 11.8 Å². The third kappa shape index (κ3) is 4.05. The lowest BCUT2D eigenvalue weighted by Crippen LogP contribution is -2.42. The van der Waals surface area contributed by atoms with Gasteiger partial charge in [0.15, 0.2) is 0 Å². The molecular formula is C14H17FN2O2. The van der Waals surface area contributed by atoms with Crippen LogP contribution in [-0.4, -0.2) is 29.8 Å². The van der Waals surface area contributed by atoms with E-state index in [0.717, 1.165) is 18.4 Å². The summed E-state index contributed by atoms with van der Waals surface area (Å²) in [6, 6.07) is 5.97. The molecule has 0 unspecified atom stereocenters. The van der Waals surface area contributed by atoms with Gasteiger partial charge in [-0.05, 0) is 30.5 Å². The predicted molar refractivity (Wildman–Crippen MR) is 68.7 cm³/mol. The zero-order chi connectivity index (χ0) is 13.7. The first-order valence-electron chi connectivity index (χ1n) is 6.44. The van der Waals surface area contributed by atoms with Crippen molar-refractivity contribution < 1.29 is 14.0 Å². The molecule has 4 nitrogen and oxygen atoms in total. The van der Waals surface area contributed by atoms with Crippen LogP contribution in [0.4, 0.5) is 4.39 Å². The van der Waals surface area contributed by atoms with Gasteiger partial charge in [0.1, 0.15) is 5.82 Å². The molecule has 0 bridgehead atoms. The predicted octanol–water partition coefficient (Wildman–Crippen LogP) is 1.45. The van der Waals surface area contributed by atoms with Crippen LogP contribution in [0.2, 0.25) is 0 Å². The van der Waals surface area contributed by atoms with Crippen molar-refractivity contribution in [3.8, 4) is 0 Å². The number of rotatable bonds is 4. The smallest absolute Gasteiger partial charge is 0.239 e. The second-order valence-electron chi connectivity index (χ2n) is 4.68. The first-order valence-corrected chi connectivity index (χ1v) is 6.44. The molecule has 2 amide bonds. The van der Waals surface area contributed by atoms with E-state index >= 15 is 0 Å². The number of hydrogen-bond acceptors (Lipinski definition) is 2. The van der Waals surface area contributed by atoms with Gasteiger partial charge in [-0.1, -0.05) is 12.1 Å². The lowest BCUT2D eigenvalue weighted by Gasteiger charge is -2.25. The van der Waals surface area contributed by atoms with Crippen LogP contribution in [0.1, 0.15) is 24.8 Å². The van der Waals surface area contributed by atoms with Crippen LogP contribution in [0.25, 0.3) is 0 Å². The molecule has 1 aromatic carbocycles. The molecule has 1 aromatic rings. The first-order chi connectivity index (χ1) is 9.15. The Kier molecular flexibility index (Phi) is 4.49. The molecule has 1 fully saturated rings. The fourth-order valence-corrected chi connectivity index (χ4v) is 2.06. The topological polar surface area (TPSA) is 49.4 Å². The molecule has 19 heavy (non-hydrogen) atoms. The Morgan fingerprint density at radius 1 is 1.26 bits per heavy atom. The quantitative estimate of drug-likeness (QED) is 0.895. The summed E-state index contributed by atoms with van der Waals surface area (Å²) in [5.41, 5.74) is 0.833. The lowest BCUT2D eigenvalue weighted by molar-refractivity contribution is -0.137. The molecule has 0 radical (unpaired) electrons. The zero-order valence-corrected chi connectivity index (χ0v) is 10.7. The first kappa shape index (κ1) is 13.5. The SMILES string of the molecule is O=C(CN1CCCCC1=O)NCc1ccc(F)cc1. The van der Waals surface area contributed by atoms with Crippen LogP contribution in [0, 0.1) is 5.82 Å². The normalized spacial score (nSPS) is 15.4. The standard InChI is InChI=1S/C14H17FN2O2/c15-12-6-4-11(5-7-12)9-16-13(18)10-17-8-2-1-3-14(17)19/h4-7H,1-3,8-10H2,(H,16,18). The molecule has 5 heteroatoms. The van der Waals surface area contributed by atoms with Crippen molar-refractivity contribution in [1.29, 1.82) is 0 Å². The Morgan fingerprint density at radius 3 is 2.68 bits per heavy atom. The second-order valence-corrected chi connectivity index (χ2v) is 4.68. The van der Waals surface area contributed by atoms with Gasteiger partial charge in [-0.3, -0.25) is 9.59 Å². The number of piperidine rings is 1. The number of likely N-dealkylation sites (tertiary alicyclic amines) is 1. The van der Waals surface area contributed by atoms with Gasteiger partial charge >= 0.3 is 0 Å². The van der Waals surface area contributed by atoms with E-state index in [9.17, 15) is 14.0 Å². The molecule has 0 saturated carbocycles. The van der Waals surface area contributed by atoms with E-state index in [1.165, 1.54) is 12.1 Å². The van der Waals surface area contributed by atoms with Crippen LogP contribution in [0.5, 0.6) is 0 Å². The van der Waals surface area contributed by atoms with Crippen LogP contribution >= 0.6 is 0 Å². The zero-order valence-electron chi connectivity index (χ0n) is 10.7. The summed E-state index contributed by atoms with van der Waals surface area (Å²) in [4.78, 5) is 24.9. The molecule has 1 aliphatic rings. The highest BCUT2D eigenvalue weighted by molar-refractivity contribution is 5.85. The summed E-state index contributed by atoms with van der Waals surface area (Å²) in [6.45, 7) is 1.12. The number of amides is 2. The highest BCUT2D eigenvalue weighted by Gasteiger charge is 2.19. The highest BCUT2D eigenvalue weighted by atomic mass is 19.1. The molecule has 0 spiro atoms. The molecule has 1 N–H and O–H groups in total. The minimum atomic E-state index is -0.297. The Labute approximate surface area is 111 Å². The van der Waals surface area contributed by atoms with Crippen LogP contribution in [-0.2, 0) is 16.1 Å². The van der Waals surface area contributed by atoms with Gasteiger partial charge in [0.2, 0.25) is 11.8 Å². The van der Waals surface area contributed by atoms with Crippen LogP contribution in [0.15, 0.2) is 24.3 Å². The lowest BCUT2D eigenvalue weighted by atomic mass is 10.1. The Balaban J connectivity index is 1.78. The van der Waals surface area contributed by atoms with Crippen LogP contribution in [0.3, 0.4) is 0 Å². The van der Waals surface area contributed by atoms with Crippen molar-refractivity contribution in [1.82, 2.24) is 10.2 Å². The number of benzene rings is 1. The second kappa shape index (κ2) is 6.31. The number of nitrogens with zero attached hydrogens (tertiary/aromatic N) is 1. The van der Waals surface area contributed by atoms with Crippen molar-refractivity contribution in [3.63, 3.8) is 0 Å². The summed E-state index contributed by atoms with van der Waals surface area (Å²) in [7, 11) is 0. The molecule has 0 aromatic heterocycles. The van der Waals surface area contributed by atoms with E-state index in [-0.39, 0.29) is 24.2 Å². The van der Waals surface area contributed by atoms with Gasteiger partial charge in [0, 0.05) is 19.5 Å². The van der Waals surface area contributed by atoms with Gasteiger partial charge in [-0.15, -0.1) is 0 Å². The van der Waals surface area contributed by atoms with Gasteiger partial charge < -0.3 is 10.2 Å². The number of halogens is 1. The highest BCUT2D eigenvalue weighted by Crippen LogP contribution is 2.09. The molecule has 102 valence electrons. The fraction of sp³-hybridized carbons (Fsp3) is 0.429. The van der Waals surface area contributed by atoms with E-state index in [4.69, 9.17) is 0 Å². The maximum Gasteiger partial charge on any atom is 0.239 e. The summed E-state index contributed by atoms with van der Waals surface area (Å²) < 4.78 is 12.7. The molecule has 0 atom stereocenters. The average molecular weight is 264 g/mol. The number of carbonyl (C=O) groups is 2. The minimum absolute atomic E-state index is 0.0446. The third-order valence-corrected chi connectivity index (χ3v) is 3.16. The molecule has 2 rings (SSSR count). The number of hydrogen-bond donors (Lipinski definition) is 1. The summed E-state index contributed by atoms with van der Waals surface area (Å²) in [5, 5.41) is 2.73. The average Bonchev–Trinajstić information content (AvgIpc) is 2.41. The summed E-state index contributed by atoms with van der Waals surface area (Å²) in [6.07, 6.45) is 2.40. The Hall–Kier alpha value is -1.91. The summed E-state index contributed by atoms with van der Waals surface area (Å²) in [5.74, 6) is -0.434. The van der Waals surface area contributed by atoms with Crippen molar-refractivity contribution in [2.75, 3.05) is 13.1 Å². The number of nitrogens with one attached hydrogen (secondary N) is 1. The van der Waals surface area contributed by atoms with E-state index < -0.39 is 0 Å². The largest absolute Gasteiger partial charge is 0.350 e. The van der Waals surface area contributed by atoms with Crippen molar-refractivity contribution in [2.45, 2.75) is 25.8 Å². The van der Waals surface area contributed by atoms with Gasteiger partial charge in [0.05, 0.1) is 6.54 Å². The van der Waals surface area contributed by atoms with E-state index in [2.05, 4.69) is 5.32 Å². The van der Waals surface area contributed by atoms with Gasteiger partial charge in [-0.2, -0.15) is 0 Å². The molecular weight excluding hydrogens is 247 g/mol. The fourth-order valence-electron chi connectivity index (χ4n) is 2.06. The van der Waals surface area contributed by atoms with Crippen molar-refractivity contribution in [2.24, 2.45) is 0 Å². The van der Waals surface area contributed by atoms with E-state index in [1.807, 2.05) is 0 Å². The maximum atomic E-state index is 12.7. The van der Waals surface area contributed by atoms with Gasteiger partial charge in [0.25, 0.3) is 0 Å². The molecule has 1 aliphatic heterocycles. The number of carbonyl (C=O) groups excluding carboxylic acids is 2. The Bertz CT molecular complexity index is 459. The third-order valence-electron chi connectivity index (χ3n) is 3.16. The maximum absolute atomic E-state index is 12.7.